The molecule has 0 saturated heterocycles. The predicted octanol–water partition coefficient (Wildman–Crippen LogP) is 13.1. The van der Waals surface area contributed by atoms with Crippen molar-refractivity contribution in [2.75, 3.05) is 4.90 Å². The number of rotatable bonds is 4. The third kappa shape index (κ3) is 3.92. The molecule has 8 aromatic carbocycles. The molecule has 0 unspecified atom stereocenters. The fourth-order valence-electron chi connectivity index (χ4n) is 7.63. The largest absolute Gasteiger partial charge is 0.456 e. The van der Waals surface area contributed by atoms with E-state index < -0.39 is 0 Å². The van der Waals surface area contributed by atoms with Crippen LogP contribution in [-0.4, -0.2) is 4.98 Å². The lowest BCUT2D eigenvalue weighted by atomic mass is 10.0. The van der Waals surface area contributed by atoms with Crippen molar-refractivity contribution in [2.24, 2.45) is 0 Å². The molecule has 11 aromatic rings. The highest BCUT2D eigenvalue weighted by molar-refractivity contribution is 6.20. The zero-order valence-corrected chi connectivity index (χ0v) is 26.6. The second-order valence-corrected chi connectivity index (χ2v) is 12.7. The van der Waals surface area contributed by atoms with E-state index in [0.717, 1.165) is 99.1 Å². The lowest BCUT2D eigenvalue weighted by Crippen LogP contribution is -2.10. The topological polar surface area (TPSA) is 55.6 Å². The summed E-state index contributed by atoms with van der Waals surface area (Å²) in [7, 11) is 0. The molecule has 0 N–H and O–H groups in total. The minimum atomic E-state index is 0.575. The zero-order chi connectivity index (χ0) is 32.8. The first-order chi connectivity index (χ1) is 24.8. The van der Waals surface area contributed by atoms with Gasteiger partial charge >= 0.3 is 0 Å². The van der Waals surface area contributed by atoms with Crippen molar-refractivity contribution < 1.29 is 13.3 Å². The fourth-order valence-corrected chi connectivity index (χ4v) is 7.63. The van der Waals surface area contributed by atoms with Gasteiger partial charge in [-0.25, -0.2) is 4.98 Å². The summed E-state index contributed by atoms with van der Waals surface area (Å²) in [5.74, 6) is 0.575. The van der Waals surface area contributed by atoms with Crippen LogP contribution in [0.15, 0.2) is 171 Å². The molecule has 0 saturated carbocycles. The van der Waals surface area contributed by atoms with Crippen LogP contribution in [0.4, 0.5) is 17.1 Å². The second kappa shape index (κ2) is 10.3. The molecular weight excluding hydrogens is 617 g/mol. The highest BCUT2D eigenvalue weighted by atomic mass is 16.4. The highest BCUT2D eigenvalue weighted by Gasteiger charge is 2.23. The molecule has 0 radical (unpaired) electrons. The van der Waals surface area contributed by atoms with Crippen LogP contribution >= 0.6 is 0 Å². The molecule has 5 heteroatoms. The van der Waals surface area contributed by atoms with Crippen molar-refractivity contribution in [3.05, 3.63) is 158 Å². The molecule has 0 aliphatic rings. The zero-order valence-electron chi connectivity index (χ0n) is 26.6. The molecule has 0 spiro atoms. The molecule has 3 heterocycles. The van der Waals surface area contributed by atoms with Gasteiger partial charge in [0.2, 0.25) is 5.89 Å². The number of para-hydroxylation sites is 1. The SMILES string of the molecule is c1ccc(N(c2ccc3c(c2)oc2cccc(-c4nc5ccc6ccccc6c5o4)c23)c2cccc3oc4c5ccccc5ccc4c23)cc1. The standard InChI is InChI=1S/C45H26N2O3/c1-2-12-29(13-3-1)47(37-17-9-19-39-42(37)34-23-20-27-10-4-6-14-31(27)43(34)49-39)30-22-24-33-40(26-30)48-38-18-8-16-35(41(33)38)45-46-36-25-21-28-11-5-7-15-32(28)44(36)50-45/h1-26H. The molecule has 11 rings (SSSR count). The normalized spacial score (nSPS) is 12.0. The maximum Gasteiger partial charge on any atom is 0.228 e. The van der Waals surface area contributed by atoms with Crippen molar-refractivity contribution in [1.82, 2.24) is 4.98 Å². The number of fused-ring (bicyclic) bond motifs is 11. The first kappa shape index (κ1) is 27.1. The van der Waals surface area contributed by atoms with Crippen LogP contribution in [0.25, 0.3) is 88.0 Å². The Morgan fingerprint density at radius 1 is 0.420 bits per heavy atom. The van der Waals surface area contributed by atoms with Crippen LogP contribution in [-0.2, 0) is 0 Å². The van der Waals surface area contributed by atoms with E-state index in [1.165, 1.54) is 0 Å². The molecule has 0 fully saturated rings. The third-order valence-electron chi connectivity index (χ3n) is 9.87. The molecule has 5 nitrogen and oxygen atoms in total. The summed E-state index contributed by atoms with van der Waals surface area (Å²) in [6.45, 7) is 0. The number of furan rings is 2. The van der Waals surface area contributed by atoms with Crippen LogP contribution in [0.3, 0.4) is 0 Å². The van der Waals surface area contributed by atoms with Crippen LogP contribution < -0.4 is 4.90 Å². The lowest BCUT2D eigenvalue weighted by Gasteiger charge is -2.26. The quantitative estimate of drug-likeness (QED) is 0.191. The van der Waals surface area contributed by atoms with Gasteiger partial charge in [-0.15, -0.1) is 0 Å². The monoisotopic (exact) mass is 642 g/mol. The van der Waals surface area contributed by atoms with Crippen molar-refractivity contribution in [3.63, 3.8) is 0 Å². The van der Waals surface area contributed by atoms with Gasteiger partial charge in [-0.3, -0.25) is 0 Å². The fraction of sp³-hybridized carbons (Fsp3) is 0. The number of anilines is 3. The van der Waals surface area contributed by atoms with Gasteiger partial charge in [-0.2, -0.15) is 0 Å². The van der Waals surface area contributed by atoms with E-state index in [-0.39, 0.29) is 0 Å². The maximum atomic E-state index is 6.60. The second-order valence-electron chi connectivity index (χ2n) is 12.7. The first-order valence-corrected chi connectivity index (χ1v) is 16.7. The van der Waals surface area contributed by atoms with Crippen LogP contribution in [0, 0.1) is 0 Å². The van der Waals surface area contributed by atoms with Gasteiger partial charge in [0.15, 0.2) is 5.58 Å². The highest BCUT2D eigenvalue weighted by Crippen LogP contribution is 2.46. The van der Waals surface area contributed by atoms with Gasteiger partial charge in [0.1, 0.15) is 27.8 Å². The molecule has 0 atom stereocenters. The van der Waals surface area contributed by atoms with Gasteiger partial charge in [0.25, 0.3) is 0 Å². The average Bonchev–Trinajstić information content (AvgIpc) is 3.89. The number of benzene rings is 8. The van der Waals surface area contributed by atoms with E-state index in [0.29, 0.717) is 5.89 Å². The average molecular weight is 643 g/mol. The molecule has 3 aromatic heterocycles. The number of hydrogen-bond acceptors (Lipinski definition) is 5. The maximum absolute atomic E-state index is 6.60. The Balaban J connectivity index is 1.12. The Hall–Kier alpha value is -6.85. The summed E-state index contributed by atoms with van der Waals surface area (Å²) in [5.41, 5.74) is 8.85. The Bertz CT molecular complexity index is 3110. The van der Waals surface area contributed by atoms with E-state index in [1.807, 2.05) is 36.4 Å². The van der Waals surface area contributed by atoms with Gasteiger partial charge in [0, 0.05) is 49.9 Å². The Labute approximate surface area is 285 Å². The Morgan fingerprint density at radius 3 is 1.96 bits per heavy atom. The van der Waals surface area contributed by atoms with Crippen molar-refractivity contribution >= 4 is 93.6 Å². The molecule has 234 valence electrons. The lowest BCUT2D eigenvalue weighted by molar-refractivity contribution is 0.623. The van der Waals surface area contributed by atoms with E-state index in [9.17, 15) is 0 Å². The molecule has 0 bridgehead atoms. The van der Waals surface area contributed by atoms with Gasteiger partial charge in [0.05, 0.1) is 11.1 Å². The molecule has 0 amide bonds. The van der Waals surface area contributed by atoms with Gasteiger partial charge < -0.3 is 18.2 Å². The number of aromatic nitrogens is 1. The first-order valence-electron chi connectivity index (χ1n) is 16.7. The van der Waals surface area contributed by atoms with E-state index in [4.69, 9.17) is 18.2 Å². The summed E-state index contributed by atoms with van der Waals surface area (Å²) in [4.78, 5) is 7.22. The van der Waals surface area contributed by atoms with Crippen molar-refractivity contribution in [1.29, 1.82) is 0 Å². The number of nitrogens with zero attached hydrogens (tertiary/aromatic N) is 2. The van der Waals surface area contributed by atoms with Gasteiger partial charge in [-0.1, -0.05) is 91.0 Å². The van der Waals surface area contributed by atoms with Crippen LogP contribution in [0.1, 0.15) is 0 Å². The number of hydrogen-bond donors (Lipinski definition) is 0. The molecule has 0 aliphatic carbocycles. The minimum absolute atomic E-state index is 0.575. The summed E-state index contributed by atoms with van der Waals surface area (Å²) >= 11 is 0. The van der Waals surface area contributed by atoms with E-state index >= 15 is 0 Å². The molecule has 0 aliphatic heterocycles. The van der Waals surface area contributed by atoms with Crippen LogP contribution in [0.5, 0.6) is 0 Å². The smallest absolute Gasteiger partial charge is 0.228 e. The summed E-state index contributed by atoms with van der Waals surface area (Å²) in [6.07, 6.45) is 0. The minimum Gasteiger partial charge on any atom is -0.456 e. The summed E-state index contributed by atoms with van der Waals surface area (Å²) in [6, 6.07) is 54.3. The van der Waals surface area contributed by atoms with Crippen molar-refractivity contribution in [2.45, 2.75) is 0 Å². The summed E-state index contributed by atoms with van der Waals surface area (Å²) in [5, 5.41) is 8.55. The van der Waals surface area contributed by atoms with Crippen LogP contribution in [0.2, 0.25) is 0 Å². The predicted molar refractivity (Wildman–Crippen MR) is 204 cm³/mol. The van der Waals surface area contributed by atoms with E-state index in [1.54, 1.807) is 0 Å². The third-order valence-corrected chi connectivity index (χ3v) is 9.87. The summed E-state index contributed by atoms with van der Waals surface area (Å²) < 4.78 is 19.7. The Morgan fingerprint density at radius 2 is 1.12 bits per heavy atom. The molecule has 50 heavy (non-hydrogen) atoms. The Kier molecular flexibility index (Phi) is 5.60. The number of oxazole rings is 1. The van der Waals surface area contributed by atoms with Gasteiger partial charge in [-0.05, 0) is 71.4 Å². The molecular formula is C45H26N2O3. The van der Waals surface area contributed by atoms with E-state index in [2.05, 4.69) is 126 Å². The van der Waals surface area contributed by atoms with Crippen molar-refractivity contribution in [3.8, 4) is 11.5 Å².